The first-order valence-electron chi connectivity index (χ1n) is 6.81. The largest absolute Gasteiger partial charge is 0.493 e. The smallest absolute Gasteiger partial charge is 0.174 e. The van der Waals surface area contributed by atoms with Crippen LogP contribution in [0.5, 0.6) is 11.5 Å². The molecule has 0 amide bonds. The second-order valence-electron chi connectivity index (χ2n) is 4.84. The SMILES string of the molecule is COc1ccc(CC2CCCCN2)c(SC)c1OC. The van der Waals surface area contributed by atoms with Gasteiger partial charge < -0.3 is 14.8 Å². The summed E-state index contributed by atoms with van der Waals surface area (Å²) in [6.45, 7) is 1.15. The first kappa shape index (κ1) is 14.5. The van der Waals surface area contributed by atoms with E-state index in [1.165, 1.54) is 29.7 Å². The fourth-order valence-electron chi connectivity index (χ4n) is 2.69. The van der Waals surface area contributed by atoms with Crippen LogP contribution in [0.1, 0.15) is 24.8 Å². The molecule has 4 heteroatoms. The molecule has 1 fully saturated rings. The van der Waals surface area contributed by atoms with Crippen LogP contribution in [0.4, 0.5) is 0 Å². The highest BCUT2D eigenvalue weighted by Crippen LogP contribution is 2.39. The second kappa shape index (κ2) is 7.06. The van der Waals surface area contributed by atoms with Gasteiger partial charge in [-0.15, -0.1) is 11.8 Å². The number of thioether (sulfide) groups is 1. The van der Waals surface area contributed by atoms with Gasteiger partial charge in [0.15, 0.2) is 11.5 Å². The molecule has 0 bridgehead atoms. The van der Waals surface area contributed by atoms with Crippen LogP contribution >= 0.6 is 11.8 Å². The Morgan fingerprint density at radius 3 is 2.68 bits per heavy atom. The molecule has 2 rings (SSSR count). The number of rotatable bonds is 5. The van der Waals surface area contributed by atoms with Crippen molar-refractivity contribution >= 4 is 11.8 Å². The first-order valence-corrected chi connectivity index (χ1v) is 8.03. The van der Waals surface area contributed by atoms with Gasteiger partial charge in [0.05, 0.1) is 19.1 Å². The number of piperidine rings is 1. The van der Waals surface area contributed by atoms with Crippen molar-refractivity contribution in [3.05, 3.63) is 17.7 Å². The van der Waals surface area contributed by atoms with E-state index in [9.17, 15) is 0 Å². The zero-order chi connectivity index (χ0) is 13.7. The molecule has 1 aromatic rings. The summed E-state index contributed by atoms with van der Waals surface area (Å²) in [5.41, 5.74) is 1.35. The fourth-order valence-corrected chi connectivity index (χ4v) is 3.47. The van der Waals surface area contributed by atoms with Gasteiger partial charge in [0, 0.05) is 6.04 Å². The van der Waals surface area contributed by atoms with E-state index in [1.54, 1.807) is 26.0 Å². The third-order valence-corrected chi connectivity index (χ3v) is 4.52. The summed E-state index contributed by atoms with van der Waals surface area (Å²) in [7, 11) is 3.39. The second-order valence-corrected chi connectivity index (χ2v) is 5.66. The van der Waals surface area contributed by atoms with Gasteiger partial charge in [-0.1, -0.05) is 12.5 Å². The lowest BCUT2D eigenvalue weighted by Gasteiger charge is -2.25. The standard InChI is InChI=1S/C15H23NO2S/c1-17-13-8-7-11(15(19-3)14(13)18-2)10-12-6-4-5-9-16-12/h7-8,12,16H,4-6,9-10H2,1-3H3. The van der Waals surface area contributed by atoms with Crippen molar-refractivity contribution < 1.29 is 9.47 Å². The highest BCUT2D eigenvalue weighted by atomic mass is 32.2. The average Bonchev–Trinajstić information content (AvgIpc) is 2.47. The lowest BCUT2D eigenvalue weighted by molar-refractivity contribution is 0.345. The normalized spacial score (nSPS) is 19.2. The zero-order valence-corrected chi connectivity index (χ0v) is 12.8. The molecule has 1 heterocycles. The number of hydrogen-bond acceptors (Lipinski definition) is 4. The molecule has 1 N–H and O–H groups in total. The summed E-state index contributed by atoms with van der Waals surface area (Å²) in [6.07, 6.45) is 7.06. The van der Waals surface area contributed by atoms with E-state index < -0.39 is 0 Å². The van der Waals surface area contributed by atoms with Crippen LogP contribution in [-0.4, -0.2) is 33.1 Å². The van der Waals surface area contributed by atoms with Crippen molar-refractivity contribution in [1.82, 2.24) is 5.32 Å². The minimum atomic E-state index is 0.595. The summed E-state index contributed by atoms with van der Waals surface area (Å²) in [6, 6.07) is 4.78. The van der Waals surface area contributed by atoms with E-state index in [0.717, 1.165) is 24.5 Å². The number of hydrogen-bond donors (Lipinski definition) is 1. The van der Waals surface area contributed by atoms with Crippen molar-refractivity contribution in [2.45, 2.75) is 36.6 Å². The maximum Gasteiger partial charge on any atom is 0.174 e. The van der Waals surface area contributed by atoms with Crippen LogP contribution in [0.2, 0.25) is 0 Å². The summed E-state index contributed by atoms with van der Waals surface area (Å²) >= 11 is 1.73. The van der Waals surface area contributed by atoms with Crippen molar-refractivity contribution in [3.63, 3.8) is 0 Å². The molecule has 1 aliphatic heterocycles. The predicted molar refractivity (Wildman–Crippen MR) is 80.7 cm³/mol. The number of methoxy groups -OCH3 is 2. The molecule has 0 spiro atoms. The van der Waals surface area contributed by atoms with E-state index in [4.69, 9.17) is 9.47 Å². The summed E-state index contributed by atoms with van der Waals surface area (Å²) in [5, 5.41) is 3.60. The van der Waals surface area contributed by atoms with E-state index >= 15 is 0 Å². The van der Waals surface area contributed by atoms with Crippen LogP contribution in [0.15, 0.2) is 17.0 Å². The van der Waals surface area contributed by atoms with E-state index in [1.807, 2.05) is 6.07 Å². The highest BCUT2D eigenvalue weighted by Gasteiger charge is 2.18. The molecular weight excluding hydrogens is 258 g/mol. The topological polar surface area (TPSA) is 30.5 Å². The fraction of sp³-hybridized carbons (Fsp3) is 0.600. The molecule has 1 atom stereocenters. The number of benzene rings is 1. The van der Waals surface area contributed by atoms with Gasteiger partial charge in [-0.05, 0) is 43.7 Å². The Morgan fingerprint density at radius 1 is 1.26 bits per heavy atom. The lowest BCUT2D eigenvalue weighted by Crippen LogP contribution is -2.35. The van der Waals surface area contributed by atoms with Gasteiger partial charge in [-0.25, -0.2) is 0 Å². The van der Waals surface area contributed by atoms with Crippen molar-refractivity contribution in [2.75, 3.05) is 27.0 Å². The molecule has 1 aromatic carbocycles. The number of ether oxygens (including phenoxy) is 2. The van der Waals surface area contributed by atoms with Crippen LogP contribution in [0.3, 0.4) is 0 Å². The highest BCUT2D eigenvalue weighted by molar-refractivity contribution is 7.98. The Balaban J connectivity index is 2.23. The Kier molecular flexibility index (Phi) is 5.40. The third-order valence-electron chi connectivity index (χ3n) is 3.66. The molecule has 1 unspecified atom stereocenters. The lowest BCUT2D eigenvalue weighted by atomic mass is 9.97. The predicted octanol–water partition coefficient (Wildman–Crippen LogP) is 3.11. The van der Waals surface area contributed by atoms with Crippen molar-refractivity contribution in [1.29, 1.82) is 0 Å². The molecule has 0 aliphatic carbocycles. The maximum absolute atomic E-state index is 5.52. The Morgan fingerprint density at radius 2 is 2.11 bits per heavy atom. The number of nitrogens with one attached hydrogen (secondary N) is 1. The average molecular weight is 281 g/mol. The molecule has 0 radical (unpaired) electrons. The molecule has 1 aliphatic rings. The van der Waals surface area contributed by atoms with Gasteiger partial charge in [0.1, 0.15) is 0 Å². The Bertz CT molecular complexity index is 417. The van der Waals surface area contributed by atoms with Crippen LogP contribution < -0.4 is 14.8 Å². The van der Waals surface area contributed by atoms with E-state index in [-0.39, 0.29) is 0 Å². The minimum absolute atomic E-state index is 0.595. The summed E-state index contributed by atoms with van der Waals surface area (Å²) in [4.78, 5) is 1.20. The summed E-state index contributed by atoms with van der Waals surface area (Å²) < 4.78 is 10.9. The zero-order valence-electron chi connectivity index (χ0n) is 12.0. The van der Waals surface area contributed by atoms with Crippen molar-refractivity contribution in [2.24, 2.45) is 0 Å². The molecular formula is C15H23NO2S. The third kappa shape index (κ3) is 3.37. The molecule has 0 aromatic heterocycles. The van der Waals surface area contributed by atoms with Gasteiger partial charge in [-0.2, -0.15) is 0 Å². The van der Waals surface area contributed by atoms with E-state index in [2.05, 4.69) is 17.6 Å². The van der Waals surface area contributed by atoms with Crippen LogP contribution in [0.25, 0.3) is 0 Å². The molecule has 0 saturated carbocycles. The van der Waals surface area contributed by atoms with E-state index in [0.29, 0.717) is 6.04 Å². The molecule has 19 heavy (non-hydrogen) atoms. The van der Waals surface area contributed by atoms with Crippen molar-refractivity contribution in [3.8, 4) is 11.5 Å². The quantitative estimate of drug-likeness (QED) is 0.840. The molecule has 3 nitrogen and oxygen atoms in total. The maximum atomic E-state index is 5.52. The minimum Gasteiger partial charge on any atom is -0.493 e. The molecule has 106 valence electrons. The van der Waals surface area contributed by atoms with Gasteiger partial charge in [-0.3, -0.25) is 0 Å². The molecule has 1 saturated heterocycles. The van der Waals surface area contributed by atoms with Gasteiger partial charge in [0.25, 0.3) is 0 Å². The Hall–Kier alpha value is -0.870. The van der Waals surface area contributed by atoms with Crippen LogP contribution in [0, 0.1) is 0 Å². The van der Waals surface area contributed by atoms with Gasteiger partial charge >= 0.3 is 0 Å². The Labute approximate surface area is 120 Å². The first-order chi connectivity index (χ1) is 9.30. The van der Waals surface area contributed by atoms with Crippen LogP contribution in [-0.2, 0) is 6.42 Å². The van der Waals surface area contributed by atoms with Gasteiger partial charge in [0.2, 0.25) is 0 Å². The summed E-state index contributed by atoms with van der Waals surface area (Å²) in [5.74, 6) is 1.68. The monoisotopic (exact) mass is 281 g/mol.